The summed E-state index contributed by atoms with van der Waals surface area (Å²) >= 11 is 6.15. The van der Waals surface area contributed by atoms with Crippen LogP contribution in [0.3, 0.4) is 0 Å². The molecule has 0 unspecified atom stereocenters. The number of nitrogens with zero attached hydrogens (tertiary/aromatic N) is 1. The second-order valence-electron chi connectivity index (χ2n) is 7.76. The van der Waals surface area contributed by atoms with E-state index in [9.17, 15) is 9.59 Å². The second-order valence-corrected chi connectivity index (χ2v) is 8.20. The molecule has 3 aliphatic rings. The smallest absolute Gasteiger partial charge is 0.238 e. The van der Waals surface area contributed by atoms with E-state index in [4.69, 9.17) is 16.3 Å². The van der Waals surface area contributed by atoms with Gasteiger partial charge in [-0.05, 0) is 36.3 Å². The van der Waals surface area contributed by atoms with Crippen LogP contribution in [0.5, 0.6) is 5.75 Å². The quantitative estimate of drug-likeness (QED) is 0.547. The Morgan fingerprint density at radius 2 is 1.59 bits per heavy atom. The fraction of sp³-hybridized carbons (Fsp3) is 0.250. The molecule has 2 fully saturated rings. The molecule has 2 bridgehead atoms. The Morgan fingerprint density at radius 3 is 2.17 bits per heavy atom. The highest BCUT2D eigenvalue weighted by Crippen LogP contribution is 2.58. The Balaban J connectivity index is 1.57. The predicted octanol–water partition coefficient (Wildman–Crippen LogP) is 4.74. The summed E-state index contributed by atoms with van der Waals surface area (Å²) in [7, 11) is 1.52. The Morgan fingerprint density at radius 1 is 0.966 bits per heavy atom. The molecule has 5 heteroatoms. The average Bonchev–Trinajstić information content (AvgIpc) is 3.37. The zero-order chi connectivity index (χ0) is 20.3. The first-order chi connectivity index (χ1) is 14.0. The van der Waals surface area contributed by atoms with Gasteiger partial charge in [-0.2, -0.15) is 0 Å². The molecule has 2 aromatic rings. The maximum absolute atomic E-state index is 13.4. The van der Waals surface area contributed by atoms with E-state index in [2.05, 4.69) is 31.2 Å². The first-order valence-electron chi connectivity index (χ1n) is 9.68. The number of rotatable bonds is 3. The molecule has 0 spiro atoms. The fourth-order valence-corrected chi connectivity index (χ4v) is 5.36. The van der Waals surface area contributed by atoms with E-state index < -0.39 is 0 Å². The van der Waals surface area contributed by atoms with Gasteiger partial charge in [-0.3, -0.25) is 9.59 Å². The Kier molecular flexibility index (Phi) is 4.14. The maximum Gasteiger partial charge on any atom is 0.238 e. The van der Waals surface area contributed by atoms with Crippen LogP contribution in [0, 0.1) is 23.7 Å². The highest BCUT2D eigenvalue weighted by molar-refractivity contribution is 6.31. The molecule has 29 heavy (non-hydrogen) atoms. The number of hydrogen-bond donors (Lipinski definition) is 0. The van der Waals surface area contributed by atoms with Gasteiger partial charge in [0.15, 0.2) is 0 Å². The van der Waals surface area contributed by atoms with Crippen LogP contribution < -0.4 is 9.64 Å². The first-order valence-corrected chi connectivity index (χ1v) is 10.1. The number of anilines is 1. The van der Waals surface area contributed by atoms with Gasteiger partial charge >= 0.3 is 0 Å². The van der Waals surface area contributed by atoms with E-state index in [1.165, 1.54) is 17.6 Å². The number of methoxy groups -OCH3 is 1. The van der Waals surface area contributed by atoms with Gasteiger partial charge in [-0.15, -0.1) is 0 Å². The number of imide groups is 1. The topological polar surface area (TPSA) is 46.6 Å². The van der Waals surface area contributed by atoms with Gasteiger partial charge < -0.3 is 4.74 Å². The molecule has 0 N–H and O–H groups in total. The number of amides is 2. The highest BCUT2D eigenvalue weighted by Gasteiger charge is 2.62. The molecular formula is C24H20ClNO3. The van der Waals surface area contributed by atoms with E-state index in [0.29, 0.717) is 16.5 Å². The van der Waals surface area contributed by atoms with Crippen LogP contribution in [0.1, 0.15) is 12.5 Å². The van der Waals surface area contributed by atoms with Crippen molar-refractivity contribution in [3.63, 3.8) is 0 Å². The summed E-state index contributed by atoms with van der Waals surface area (Å²) in [6, 6.07) is 15.1. The summed E-state index contributed by atoms with van der Waals surface area (Å²) in [6.07, 6.45) is 4.19. The van der Waals surface area contributed by atoms with Crippen LogP contribution >= 0.6 is 11.6 Å². The Hall–Kier alpha value is -2.85. The van der Waals surface area contributed by atoms with Crippen molar-refractivity contribution in [2.24, 2.45) is 23.7 Å². The van der Waals surface area contributed by atoms with Crippen LogP contribution in [0.25, 0.3) is 5.57 Å². The van der Waals surface area contributed by atoms with Crippen LogP contribution in [-0.4, -0.2) is 18.9 Å². The van der Waals surface area contributed by atoms with Crippen LogP contribution in [-0.2, 0) is 9.59 Å². The van der Waals surface area contributed by atoms with Gasteiger partial charge in [0.2, 0.25) is 11.8 Å². The number of ether oxygens (including phenoxy) is 1. The van der Waals surface area contributed by atoms with Crippen molar-refractivity contribution >= 4 is 34.7 Å². The van der Waals surface area contributed by atoms with Crippen molar-refractivity contribution in [3.05, 3.63) is 76.8 Å². The molecule has 4 atom stereocenters. The molecule has 0 radical (unpaired) electrons. The van der Waals surface area contributed by atoms with Gasteiger partial charge in [0.05, 0.1) is 24.6 Å². The van der Waals surface area contributed by atoms with E-state index in [1.807, 2.05) is 18.2 Å². The predicted molar refractivity (Wildman–Crippen MR) is 113 cm³/mol. The lowest BCUT2D eigenvalue weighted by Gasteiger charge is -2.21. The number of hydrogen-bond acceptors (Lipinski definition) is 3. The molecule has 2 amide bonds. The number of carbonyl (C=O) groups excluding carboxylic acids is 2. The lowest BCUT2D eigenvalue weighted by Crippen LogP contribution is -2.33. The Labute approximate surface area is 174 Å². The van der Waals surface area contributed by atoms with Gasteiger partial charge in [0, 0.05) is 16.9 Å². The molecule has 1 saturated heterocycles. The molecular weight excluding hydrogens is 386 g/mol. The molecule has 1 aliphatic heterocycles. The lowest BCUT2D eigenvalue weighted by molar-refractivity contribution is -0.123. The molecule has 2 aromatic carbocycles. The SMILES string of the molecule is COc1ccc(Cl)cc1N1C(=O)[C@H]2[C@H](C1=O)[C@H]1C=C[C@H]2C1=C(C)c1ccccc1. The van der Waals surface area contributed by atoms with Crippen LogP contribution in [0.15, 0.2) is 66.3 Å². The van der Waals surface area contributed by atoms with Gasteiger partial charge in [0.25, 0.3) is 0 Å². The van der Waals surface area contributed by atoms with E-state index in [-0.39, 0.29) is 35.5 Å². The van der Waals surface area contributed by atoms with E-state index in [0.717, 1.165) is 11.1 Å². The number of fused-ring (bicyclic) bond motifs is 5. The summed E-state index contributed by atoms with van der Waals surface area (Å²) in [5.74, 6) is -0.697. The standard InChI is InChI=1S/C24H20ClNO3/c1-13(14-6-4-3-5-7-14)20-16-9-10-17(20)22-21(16)23(27)26(24(22)28)18-12-15(25)8-11-19(18)29-2/h3-12,16-17,21-22H,1-2H3/t16-,17-,21+,22+/m0/s1. The summed E-state index contributed by atoms with van der Waals surface area (Å²) in [6.45, 7) is 2.09. The molecule has 4 nitrogen and oxygen atoms in total. The summed E-state index contributed by atoms with van der Waals surface area (Å²) < 4.78 is 5.39. The minimum atomic E-state index is -0.366. The minimum Gasteiger partial charge on any atom is -0.495 e. The van der Waals surface area contributed by atoms with Crippen molar-refractivity contribution in [2.45, 2.75) is 6.92 Å². The Bertz CT molecular complexity index is 1050. The van der Waals surface area contributed by atoms with Crippen molar-refractivity contribution in [1.82, 2.24) is 0 Å². The normalized spacial score (nSPS) is 27.0. The van der Waals surface area contributed by atoms with Gasteiger partial charge in [-0.25, -0.2) is 4.90 Å². The summed E-state index contributed by atoms with van der Waals surface area (Å²) in [5, 5.41) is 0.458. The number of allylic oxidation sites excluding steroid dienone is 4. The zero-order valence-electron chi connectivity index (χ0n) is 16.1. The molecule has 1 saturated carbocycles. The third kappa shape index (κ3) is 2.52. The fourth-order valence-electron chi connectivity index (χ4n) is 5.19. The average molecular weight is 406 g/mol. The number of benzene rings is 2. The third-order valence-corrected chi connectivity index (χ3v) is 6.67. The van der Waals surface area contributed by atoms with E-state index >= 15 is 0 Å². The molecule has 0 aromatic heterocycles. The van der Waals surface area contributed by atoms with Crippen LogP contribution in [0.4, 0.5) is 5.69 Å². The zero-order valence-corrected chi connectivity index (χ0v) is 16.9. The second kappa shape index (κ2) is 6.60. The maximum atomic E-state index is 13.4. The van der Waals surface area contributed by atoms with Crippen molar-refractivity contribution < 1.29 is 14.3 Å². The van der Waals surface area contributed by atoms with Crippen molar-refractivity contribution in [1.29, 1.82) is 0 Å². The lowest BCUT2D eigenvalue weighted by atomic mass is 9.85. The largest absolute Gasteiger partial charge is 0.495 e. The monoisotopic (exact) mass is 405 g/mol. The van der Waals surface area contributed by atoms with E-state index in [1.54, 1.807) is 18.2 Å². The van der Waals surface area contributed by atoms with Crippen molar-refractivity contribution in [2.75, 3.05) is 12.0 Å². The van der Waals surface area contributed by atoms with Gasteiger partial charge in [-0.1, -0.05) is 59.7 Å². The molecule has 1 heterocycles. The van der Waals surface area contributed by atoms with Crippen LogP contribution in [0.2, 0.25) is 5.02 Å². The number of halogens is 1. The third-order valence-electron chi connectivity index (χ3n) is 6.44. The highest BCUT2D eigenvalue weighted by atomic mass is 35.5. The van der Waals surface area contributed by atoms with Crippen molar-refractivity contribution in [3.8, 4) is 5.75 Å². The summed E-state index contributed by atoms with van der Waals surface area (Å²) in [4.78, 5) is 28.1. The molecule has 5 rings (SSSR count). The molecule has 146 valence electrons. The summed E-state index contributed by atoms with van der Waals surface area (Å²) in [5.41, 5.74) is 3.92. The first kappa shape index (κ1) is 18.2. The minimum absolute atomic E-state index is 0.0446. The number of carbonyl (C=O) groups is 2. The molecule has 2 aliphatic carbocycles. The van der Waals surface area contributed by atoms with Gasteiger partial charge in [0.1, 0.15) is 5.75 Å².